The van der Waals surface area contributed by atoms with Gasteiger partial charge in [0.05, 0.1) is 12.0 Å². The maximum Gasteiger partial charge on any atom is 0.351 e. The first kappa shape index (κ1) is 18.2. The minimum atomic E-state index is -0.546. The summed E-state index contributed by atoms with van der Waals surface area (Å²) in [7, 11) is 1.51. The highest BCUT2D eigenvalue weighted by Crippen LogP contribution is 2.42. The van der Waals surface area contributed by atoms with E-state index < -0.39 is 10.9 Å². The molecule has 1 aliphatic rings. The number of methoxy groups -OCH3 is 1. The zero-order chi connectivity index (χ0) is 18.8. The Labute approximate surface area is 162 Å². The second-order valence-electron chi connectivity index (χ2n) is 5.28. The molecule has 132 valence electrons. The predicted octanol–water partition coefficient (Wildman–Crippen LogP) is 4.96. The molecule has 0 saturated carbocycles. The van der Waals surface area contributed by atoms with Gasteiger partial charge < -0.3 is 9.47 Å². The lowest BCUT2D eigenvalue weighted by Gasteiger charge is -2.11. The largest absolute Gasteiger partial charge is 0.496 e. The summed E-state index contributed by atoms with van der Waals surface area (Å²) in [4.78, 5) is 22.3. The number of nitrogens with zero attached hydrogens (tertiary/aromatic N) is 1. The van der Waals surface area contributed by atoms with Gasteiger partial charge in [-0.25, -0.2) is 4.79 Å². The van der Waals surface area contributed by atoms with Gasteiger partial charge in [0.2, 0.25) is 0 Å². The first-order valence-corrected chi connectivity index (χ1v) is 8.50. The number of ether oxygens (including phenoxy) is 2. The quantitative estimate of drug-likeness (QED) is 0.384. The van der Waals surface area contributed by atoms with Crippen LogP contribution in [0.15, 0.2) is 52.7 Å². The van der Waals surface area contributed by atoms with E-state index in [0.717, 1.165) is 0 Å². The number of hydrogen-bond acceptors (Lipinski definition) is 5. The maximum atomic E-state index is 12.1. The number of carbonyl (C=O) groups is 1. The summed E-state index contributed by atoms with van der Waals surface area (Å²) < 4.78 is 10.9. The summed E-state index contributed by atoms with van der Waals surface area (Å²) in [6.07, 6.45) is 1.62. The van der Waals surface area contributed by atoms with E-state index in [1.165, 1.54) is 19.2 Å². The monoisotopic (exact) mass is 435 g/mol. The lowest BCUT2D eigenvalue weighted by molar-refractivity contribution is -0.384. The molecule has 3 rings (SSSR count). The highest BCUT2D eigenvalue weighted by Gasteiger charge is 2.31. The van der Waals surface area contributed by atoms with Crippen LogP contribution in [0.3, 0.4) is 0 Å². The van der Waals surface area contributed by atoms with Gasteiger partial charge in [0.15, 0.2) is 0 Å². The van der Waals surface area contributed by atoms with Crippen molar-refractivity contribution >= 4 is 50.8 Å². The number of nitro groups is 1. The van der Waals surface area contributed by atoms with Gasteiger partial charge in [-0.2, -0.15) is 0 Å². The number of rotatable bonds is 4. The van der Waals surface area contributed by atoms with Crippen LogP contribution in [0.1, 0.15) is 11.1 Å². The number of hydrogen-bond donors (Lipinski definition) is 0. The van der Waals surface area contributed by atoms with Crippen molar-refractivity contribution in [1.82, 2.24) is 0 Å². The molecule has 8 heteroatoms. The van der Waals surface area contributed by atoms with Gasteiger partial charge in [-0.15, -0.1) is 0 Å². The third-order valence-corrected chi connectivity index (χ3v) is 4.64. The van der Waals surface area contributed by atoms with Crippen molar-refractivity contribution in [2.45, 2.75) is 0 Å². The van der Waals surface area contributed by atoms with Crippen LogP contribution >= 0.6 is 27.5 Å². The third-order valence-electron chi connectivity index (χ3n) is 3.68. The summed E-state index contributed by atoms with van der Waals surface area (Å²) in [5, 5.41) is 11.2. The smallest absolute Gasteiger partial charge is 0.351 e. The van der Waals surface area contributed by atoms with E-state index in [-0.39, 0.29) is 15.9 Å². The van der Waals surface area contributed by atoms with Crippen LogP contribution in [0.2, 0.25) is 5.02 Å². The molecule has 0 radical (unpaired) electrons. The van der Waals surface area contributed by atoms with Crippen molar-refractivity contribution in [1.29, 1.82) is 0 Å². The van der Waals surface area contributed by atoms with E-state index >= 15 is 0 Å². The topological polar surface area (TPSA) is 78.7 Å². The molecule has 0 aliphatic carbocycles. The number of esters is 1. The zero-order valence-electron chi connectivity index (χ0n) is 13.4. The molecule has 1 heterocycles. The number of benzene rings is 2. The number of nitro benzene ring substituents is 1. The van der Waals surface area contributed by atoms with E-state index in [1.807, 2.05) is 0 Å². The van der Waals surface area contributed by atoms with Gasteiger partial charge in [-0.3, -0.25) is 10.1 Å². The standard InChI is InChI=1S/C18H11BrClNO5/c1-25-14-7-4-11(20)9-13(14)16-15(26-18(22)17(16)19)8-10-2-5-12(6-3-10)21(23)24/h2-9H,1H3/b15-8-. The summed E-state index contributed by atoms with van der Waals surface area (Å²) in [6, 6.07) is 10.9. The van der Waals surface area contributed by atoms with Crippen molar-refractivity contribution in [2.24, 2.45) is 0 Å². The Kier molecular flexibility index (Phi) is 5.11. The minimum Gasteiger partial charge on any atom is -0.496 e. The molecule has 2 aromatic rings. The van der Waals surface area contributed by atoms with Gasteiger partial charge in [-0.05, 0) is 57.9 Å². The number of allylic oxidation sites excluding steroid dienone is 1. The lowest BCUT2D eigenvalue weighted by Crippen LogP contribution is -1.94. The zero-order valence-corrected chi connectivity index (χ0v) is 15.7. The molecule has 0 amide bonds. The molecular weight excluding hydrogens is 426 g/mol. The van der Waals surface area contributed by atoms with Gasteiger partial charge >= 0.3 is 5.97 Å². The molecule has 0 atom stereocenters. The highest BCUT2D eigenvalue weighted by molar-refractivity contribution is 9.12. The second-order valence-corrected chi connectivity index (χ2v) is 6.51. The molecule has 0 N–H and O–H groups in total. The summed E-state index contributed by atoms with van der Waals surface area (Å²) >= 11 is 9.34. The molecule has 0 fully saturated rings. The number of cyclic esters (lactones) is 1. The number of carbonyl (C=O) groups excluding carboxylic acids is 1. The number of halogens is 2. The fraction of sp³-hybridized carbons (Fsp3) is 0.0556. The Hall–Kier alpha value is -2.64. The highest BCUT2D eigenvalue weighted by atomic mass is 79.9. The molecule has 26 heavy (non-hydrogen) atoms. The van der Waals surface area contributed by atoms with Crippen LogP contribution in [0.4, 0.5) is 5.69 Å². The third kappa shape index (κ3) is 3.49. The minimum absolute atomic E-state index is 0.0241. The summed E-state index contributed by atoms with van der Waals surface area (Å²) in [6.45, 7) is 0. The Morgan fingerprint density at radius 1 is 1.23 bits per heavy atom. The SMILES string of the molecule is COc1ccc(Cl)cc1C1=C(Br)C(=O)O/C1=C\c1ccc([N+](=O)[O-])cc1. The van der Waals surface area contributed by atoms with Gasteiger partial charge in [0.1, 0.15) is 16.0 Å². The van der Waals surface area contributed by atoms with E-state index in [0.29, 0.717) is 27.5 Å². The van der Waals surface area contributed by atoms with Crippen molar-refractivity contribution in [3.8, 4) is 5.75 Å². The van der Waals surface area contributed by atoms with Crippen LogP contribution in [-0.4, -0.2) is 18.0 Å². The van der Waals surface area contributed by atoms with Crippen molar-refractivity contribution in [3.63, 3.8) is 0 Å². The van der Waals surface area contributed by atoms with E-state index in [2.05, 4.69) is 15.9 Å². The van der Waals surface area contributed by atoms with Crippen LogP contribution in [0.25, 0.3) is 11.6 Å². The average Bonchev–Trinajstić information content (AvgIpc) is 2.89. The maximum absolute atomic E-state index is 12.1. The molecule has 0 aromatic heterocycles. The van der Waals surface area contributed by atoms with Crippen LogP contribution < -0.4 is 4.74 Å². The van der Waals surface area contributed by atoms with E-state index in [1.54, 1.807) is 36.4 Å². The van der Waals surface area contributed by atoms with Gasteiger partial charge in [0, 0.05) is 28.3 Å². The van der Waals surface area contributed by atoms with Crippen molar-refractivity contribution < 1.29 is 19.2 Å². The number of non-ortho nitro benzene ring substituents is 1. The summed E-state index contributed by atoms with van der Waals surface area (Å²) in [5.41, 5.74) is 1.70. The van der Waals surface area contributed by atoms with Crippen molar-refractivity contribution in [2.75, 3.05) is 7.11 Å². The second kappa shape index (κ2) is 7.31. The lowest BCUT2D eigenvalue weighted by atomic mass is 10.0. The van der Waals surface area contributed by atoms with E-state index in [4.69, 9.17) is 21.1 Å². The van der Waals surface area contributed by atoms with Crippen LogP contribution in [-0.2, 0) is 9.53 Å². The fourth-order valence-electron chi connectivity index (χ4n) is 2.48. The molecule has 1 aliphatic heterocycles. The molecule has 6 nitrogen and oxygen atoms in total. The Morgan fingerprint density at radius 2 is 1.92 bits per heavy atom. The van der Waals surface area contributed by atoms with Gasteiger partial charge in [-0.1, -0.05) is 11.6 Å². The molecule has 0 unspecified atom stereocenters. The molecule has 0 bridgehead atoms. The summed E-state index contributed by atoms with van der Waals surface area (Å²) in [5.74, 6) is 0.265. The molecule has 0 saturated heterocycles. The molecular formula is C18H11BrClNO5. The van der Waals surface area contributed by atoms with E-state index in [9.17, 15) is 14.9 Å². The van der Waals surface area contributed by atoms with Gasteiger partial charge in [0.25, 0.3) is 5.69 Å². The normalized spacial score (nSPS) is 15.3. The first-order chi connectivity index (χ1) is 12.4. The van der Waals surface area contributed by atoms with Crippen LogP contribution in [0, 0.1) is 10.1 Å². The van der Waals surface area contributed by atoms with Crippen LogP contribution in [0.5, 0.6) is 5.75 Å². The molecule has 0 spiro atoms. The van der Waals surface area contributed by atoms with Crippen molar-refractivity contribution in [3.05, 3.63) is 79.0 Å². The Morgan fingerprint density at radius 3 is 2.54 bits per heavy atom. The fourth-order valence-corrected chi connectivity index (χ4v) is 3.14. The Bertz CT molecular complexity index is 966. The molecule has 2 aromatic carbocycles. The first-order valence-electron chi connectivity index (χ1n) is 7.33. The predicted molar refractivity (Wildman–Crippen MR) is 101 cm³/mol. The Balaban J connectivity index is 2.09. The average molecular weight is 437 g/mol.